The number of ether oxygens (including phenoxy) is 1. The molecule has 0 aliphatic carbocycles. The maximum Gasteiger partial charge on any atom is 0.251 e. The summed E-state index contributed by atoms with van der Waals surface area (Å²) in [7, 11) is 0. The number of benzene rings is 2. The van der Waals surface area contributed by atoms with Gasteiger partial charge in [-0.15, -0.1) is 0 Å². The van der Waals surface area contributed by atoms with Crippen molar-refractivity contribution < 1.29 is 14.3 Å². The zero-order valence-electron chi connectivity index (χ0n) is 18.8. The molecule has 0 radical (unpaired) electrons. The number of piperazine rings is 1. The van der Waals surface area contributed by atoms with Crippen LogP contribution in [0.15, 0.2) is 48.5 Å². The summed E-state index contributed by atoms with van der Waals surface area (Å²) in [5, 5.41) is 2.73. The monoisotopic (exact) mass is 423 g/mol. The van der Waals surface area contributed by atoms with Gasteiger partial charge in [-0.2, -0.15) is 0 Å². The van der Waals surface area contributed by atoms with Gasteiger partial charge in [0, 0.05) is 38.3 Å². The Balaban J connectivity index is 1.41. The zero-order chi connectivity index (χ0) is 22.2. The van der Waals surface area contributed by atoms with Crippen LogP contribution in [-0.2, 0) is 11.3 Å². The van der Waals surface area contributed by atoms with Crippen LogP contribution in [0.2, 0.25) is 0 Å². The first-order chi connectivity index (χ1) is 15.0. The van der Waals surface area contributed by atoms with E-state index in [0.29, 0.717) is 31.2 Å². The number of carbonyl (C=O) groups excluding carboxylic acids is 2. The lowest BCUT2D eigenvalue weighted by molar-refractivity contribution is -0.131. The van der Waals surface area contributed by atoms with Crippen LogP contribution in [0, 0.1) is 0 Å². The van der Waals surface area contributed by atoms with Crippen LogP contribution in [0.3, 0.4) is 0 Å². The highest BCUT2D eigenvalue weighted by molar-refractivity contribution is 5.96. The normalized spacial score (nSPS) is 14.5. The highest BCUT2D eigenvalue weighted by atomic mass is 16.5. The van der Waals surface area contributed by atoms with Crippen molar-refractivity contribution in [3.63, 3.8) is 0 Å². The quantitative estimate of drug-likeness (QED) is 0.708. The van der Waals surface area contributed by atoms with Gasteiger partial charge in [0.25, 0.3) is 5.91 Å². The maximum atomic E-state index is 12.5. The molecular formula is C25H33N3O3. The Kier molecular flexibility index (Phi) is 8.06. The molecule has 6 nitrogen and oxygen atoms in total. The predicted molar refractivity (Wildman–Crippen MR) is 122 cm³/mol. The third-order valence-corrected chi connectivity index (χ3v) is 5.61. The highest BCUT2D eigenvalue weighted by Crippen LogP contribution is 2.16. The molecule has 2 aromatic rings. The van der Waals surface area contributed by atoms with Crippen molar-refractivity contribution in [2.75, 3.05) is 39.3 Å². The van der Waals surface area contributed by atoms with E-state index >= 15 is 0 Å². The number of amides is 2. The third kappa shape index (κ3) is 6.56. The molecule has 1 N–H and O–H groups in total. The van der Waals surface area contributed by atoms with E-state index in [0.717, 1.165) is 25.4 Å². The molecule has 166 valence electrons. The number of nitrogens with one attached hydrogen (secondary N) is 1. The second-order valence-corrected chi connectivity index (χ2v) is 8.19. The number of nitrogens with zero attached hydrogens (tertiary/aromatic N) is 2. The van der Waals surface area contributed by atoms with Crippen LogP contribution in [0.4, 0.5) is 0 Å². The first kappa shape index (κ1) is 22.8. The van der Waals surface area contributed by atoms with Gasteiger partial charge in [-0.05, 0) is 48.2 Å². The fourth-order valence-corrected chi connectivity index (χ4v) is 3.66. The van der Waals surface area contributed by atoms with Crippen LogP contribution in [0.1, 0.15) is 48.2 Å². The summed E-state index contributed by atoms with van der Waals surface area (Å²) in [5.41, 5.74) is 3.17. The molecule has 31 heavy (non-hydrogen) atoms. The molecule has 0 aromatic heterocycles. The van der Waals surface area contributed by atoms with Crippen molar-refractivity contribution in [3.8, 4) is 5.75 Å². The van der Waals surface area contributed by atoms with E-state index < -0.39 is 0 Å². The van der Waals surface area contributed by atoms with E-state index in [4.69, 9.17) is 4.74 Å². The van der Waals surface area contributed by atoms with E-state index in [1.807, 2.05) is 11.8 Å². The summed E-state index contributed by atoms with van der Waals surface area (Å²) in [6, 6.07) is 15.7. The second kappa shape index (κ2) is 11.0. The van der Waals surface area contributed by atoms with E-state index in [1.54, 1.807) is 24.3 Å². The fourth-order valence-electron chi connectivity index (χ4n) is 3.66. The van der Waals surface area contributed by atoms with Gasteiger partial charge in [-0.1, -0.05) is 38.1 Å². The minimum Gasteiger partial charge on any atom is -0.494 e. The first-order valence-corrected chi connectivity index (χ1v) is 11.1. The molecule has 1 aliphatic rings. The molecule has 1 heterocycles. The van der Waals surface area contributed by atoms with Gasteiger partial charge in [0.1, 0.15) is 5.75 Å². The van der Waals surface area contributed by atoms with Gasteiger partial charge in [0.05, 0.1) is 13.2 Å². The molecular weight excluding hydrogens is 390 g/mol. The van der Waals surface area contributed by atoms with Crippen molar-refractivity contribution in [2.45, 2.75) is 33.2 Å². The van der Waals surface area contributed by atoms with E-state index in [2.05, 4.69) is 48.3 Å². The number of hydrogen-bond acceptors (Lipinski definition) is 4. The van der Waals surface area contributed by atoms with E-state index in [9.17, 15) is 9.59 Å². The van der Waals surface area contributed by atoms with Gasteiger partial charge >= 0.3 is 0 Å². The van der Waals surface area contributed by atoms with Gasteiger partial charge in [0.2, 0.25) is 5.91 Å². The summed E-state index contributed by atoms with van der Waals surface area (Å²) in [6.07, 6.45) is 0. The summed E-state index contributed by atoms with van der Waals surface area (Å²) in [6.45, 7) is 10.8. The minimum absolute atomic E-state index is 0.0166. The highest BCUT2D eigenvalue weighted by Gasteiger charge is 2.21. The van der Waals surface area contributed by atoms with Crippen molar-refractivity contribution in [1.29, 1.82) is 0 Å². The van der Waals surface area contributed by atoms with Crippen molar-refractivity contribution in [2.24, 2.45) is 0 Å². The standard InChI is InChI=1S/C25H33N3O3/c1-4-31-23-11-9-22(10-12-23)25(30)26-17-24(29)28-15-13-27(14-16-28)18-20-5-7-21(8-6-20)19(2)3/h5-12,19H,4,13-18H2,1-3H3,(H,26,30). The van der Waals surface area contributed by atoms with E-state index in [1.165, 1.54) is 11.1 Å². The molecule has 0 spiro atoms. The molecule has 1 aliphatic heterocycles. The zero-order valence-corrected chi connectivity index (χ0v) is 18.8. The molecule has 0 unspecified atom stereocenters. The molecule has 6 heteroatoms. The Morgan fingerprint density at radius 1 is 0.968 bits per heavy atom. The average molecular weight is 424 g/mol. The number of rotatable bonds is 8. The Labute approximate surface area is 185 Å². The molecule has 0 atom stereocenters. The molecule has 2 aromatic carbocycles. The summed E-state index contributed by atoms with van der Waals surface area (Å²) in [5.74, 6) is 0.975. The van der Waals surface area contributed by atoms with Crippen molar-refractivity contribution in [3.05, 3.63) is 65.2 Å². The van der Waals surface area contributed by atoms with Crippen LogP contribution >= 0.6 is 0 Å². The fraction of sp³-hybridized carbons (Fsp3) is 0.440. The van der Waals surface area contributed by atoms with Crippen molar-refractivity contribution >= 4 is 11.8 Å². The Morgan fingerprint density at radius 3 is 2.19 bits per heavy atom. The predicted octanol–water partition coefficient (Wildman–Crippen LogP) is 3.28. The van der Waals surface area contributed by atoms with Gasteiger partial charge in [-0.3, -0.25) is 14.5 Å². The first-order valence-electron chi connectivity index (χ1n) is 11.1. The Morgan fingerprint density at radius 2 is 1.61 bits per heavy atom. The molecule has 1 fully saturated rings. The maximum absolute atomic E-state index is 12.5. The largest absolute Gasteiger partial charge is 0.494 e. The van der Waals surface area contributed by atoms with Crippen LogP contribution in [0.5, 0.6) is 5.75 Å². The number of carbonyl (C=O) groups is 2. The lowest BCUT2D eigenvalue weighted by Crippen LogP contribution is -2.50. The van der Waals surface area contributed by atoms with E-state index in [-0.39, 0.29) is 18.4 Å². The van der Waals surface area contributed by atoms with Crippen LogP contribution < -0.4 is 10.1 Å². The van der Waals surface area contributed by atoms with Gasteiger partial charge in [-0.25, -0.2) is 0 Å². The Hall–Kier alpha value is -2.86. The lowest BCUT2D eigenvalue weighted by Gasteiger charge is -2.34. The van der Waals surface area contributed by atoms with Crippen LogP contribution in [0.25, 0.3) is 0 Å². The summed E-state index contributed by atoms with van der Waals surface area (Å²) >= 11 is 0. The molecule has 2 amide bonds. The third-order valence-electron chi connectivity index (χ3n) is 5.61. The smallest absolute Gasteiger partial charge is 0.251 e. The van der Waals surface area contributed by atoms with Crippen LogP contribution in [-0.4, -0.2) is 60.9 Å². The topological polar surface area (TPSA) is 61.9 Å². The molecule has 0 bridgehead atoms. The molecule has 1 saturated heterocycles. The summed E-state index contributed by atoms with van der Waals surface area (Å²) in [4.78, 5) is 29.0. The average Bonchev–Trinajstić information content (AvgIpc) is 2.79. The Bertz CT molecular complexity index is 855. The lowest BCUT2D eigenvalue weighted by atomic mass is 10.0. The van der Waals surface area contributed by atoms with Gasteiger partial charge in [0.15, 0.2) is 0 Å². The SMILES string of the molecule is CCOc1ccc(C(=O)NCC(=O)N2CCN(Cc3ccc(C(C)C)cc3)CC2)cc1. The molecule has 3 rings (SSSR count). The molecule has 0 saturated carbocycles. The van der Waals surface area contributed by atoms with Gasteiger partial charge < -0.3 is 15.0 Å². The number of hydrogen-bond donors (Lipinski definition) is 1. The minimum atomic E-state index is -0.250. The second-order valence-electron chi connectivity index (χ2n) is 8.19. The summed E-state index contributed by atoms with van der Waals surface area (Å²) < 4.78 is 5.38. The van der Waals surface area contributed by atoms with Crippen molar-refractivity contribution in [1.82, 2.24) is 15.1 Å².